The number of rotatable bonds is 6. The molecule has 7 nitrogen and oxygen atoms in total. The molecule has 0 atom stereocenters. The number of ether oxygens (including phenoxy) is 2. The van der Waals surface area contributed by atoms with E-state index >= 15 is 0 Å². The van der Waals surface area contributed by atoms with E-state index in [9.17, 15) is 14.9 Å². The van der Waals surface area contributed by atoms with Crippen molar-refractivity contribution in [3.05, 3.63) is 67.0 Å². The van der Waals surface area contributed by atoms with E-state index < -0.39 is 4.92 Å². The number of nitrogens with one attached hydrogen (secondary N) is 1. The Balaban J connectivity index is 1.79. The van der Waals surface area contributed by atoms with Crippen LogP contribution in [0.25, 0.3) is 6.08 Å². The second kappa shape index (κ2) is 8.72. The Morgan fingerprint density at radius 3 is 2.57 bits per heavy atom. The quantitative estimate of drug-likeness (QED) is 0.283. The zero-order valence-corrected chi connectivity index (χ0v) is 17.7. The zero-order chi connectivity index (χ0) is 20.3. The molecule has 0 spiro atoms. The first-order chi connectivity index (χ1) is 13.4. The lowest BCUT2D eigenvalue weighted by Crippen LogP contribution is -2.17. The SMILES string of the molecule is COc1cc(/C=C2\SC(=S)NC2=O)c(Br)cc1OCc1ccc([N+](=O)[O-])cc1. The summed E-state index contributed by atoms with van der Waals surface area (Å²) in [6.45, 7) is 0.216. The summed E-state index contributed by atoms with van der Waals surface area (Å²) in [6.07, 6.45) is 1.71. The lowest BCUT2D eigenvalue weighted by molar-refractivity contribution is -0.384. The van der Waals surface area contributed by atoms with Crippen LogP contribution in [0.3, 0.4) is 0 Å². The van der Waals surface area contributed by atoms with E-state index in [0.29, 0.717) is 25.2 Å². The minimum absolute atomic E-state index is 0.0229. The maximum absolute atomic E-state index is 11.8. The van der Waals surface area contributed by atoms with Gasteiger partial charge in [-0.2, -0.15) is 0 Å². The van der Waals surface area contributed by atoms with Crippen LogP contribution in [-0.4, -0.2) is 22.3 Å². The minimum atomic E-state index is -0.451. The van der Waals surface area contributed by atoms with Crippen molar-refractivity contribution in [3.63, 3.8) is 0 Å². The van der Waals surface area contributed by atoms with Crippen LogP contribution in [-0.2, 0) is 11.4 Å². The first kappa shape index (κ1) is 20.3. The summed E-state index contributed by atoms with van der Waals surface area (Å²) >= 11 is 9.66. The van der Waals surface area contributed by atoms with E-state index in [2.05, 4.69) is 21.2 Å². The molecule has 0 radical (unpaired) electrons. The molecule has 1 aliphatic heterocycles. The Morgan fingerprint density at radius 2 is 2.00 bits per heavy atom. The van der Waals surface area contributed by atoms with Crippen LogP contribution in [0, 0.1) is 10.1 Å². The number of thiocarbonyl (C=S) groups is 1. The summed E-state index contributed by atoms with van der Waals surface area (Å²) in [7, 11) is 1.52. The molecule has 1 heterocycles. The fourth-order valence-corrected chi connectivity index (χ4v) is 3.84. The number of nitro benzene ring substituents is 1. The van der Waals surface area contributed by atoms with E-state index in [4.69, 9.17) is 21.7 Å². The lowest BCUT2D eigenvalue weighted by atomic mass is 10.1. The Kier molecular flexibility index (Phi) is 6.32. The molecule has 0 bridgehead atoms. The maximum Gasteiger partial charge on any atom is 0.269 e. The molecule has 2 aromatic carbocycles. The molecular formula is C18H13BrN2O5S2. The topological polar surface area (TPSA) is 90.7 Å². The minimum Gasteiger partial charge on any atom is -0.493 e. The van der Waals surface area contributed by atoms with Gasteiger partial charge in [0.25, 0.3) is 11.6 Å². The molecular weight excluding hydrogens is 468 g/mol. The Labute approximate surface area is 178 Å². The number of halogens is 1. The number of hydrogen-bond acceptors (Lipinski definition) is 7. The van der Waals surface area contributed by atoms with Crippen LogP contribution >= 0.6 is 39.9 Å². The number of carbonyl (C=O) groups is 1. The first-order valence-electron chi connectivity index (χ1n) is 7.86. The molecule has 0 aromatic heterocycles. The predicted octanol–water partition coefficient (Wildman–Crippen LogP) is 4.43. The smallest absolute Gasteiger partial charge is 0.269 e. The molecule has 10 heteroatoms. The van der Waals surface area contributed by atoms with Crippen LogP contribution in [0.2, 0.25) is 0 Å². The zero-order valence-electron chi connectivity index (χ0n) is 14.4. The summed E-state index contributed by atoms with van der Waals surface area (Å²) in [5.74, 6) is 0.747. The van der Waals surface area contributed by atoms with Crippen LogP contribution in [0.15, 0.2) is 45.8 Å². The monoisotopic (exact) mass is 480 g/mol. The number of hydrogen-bond donors (Lipinski definition) is 1. The average Bonchev–Trinajstić information content (AvgIpc) is 2.99. The molecule has 1 saturated heterocycles. The normalized spacial score (nSPS) is 14.9. The molecule has 0 aliphatic carbocycles. The Hall–Kier alpha value is -2.43. The molecule has 0 saturated carbocycles. The van der Waals surface area contributed by atoms with Crippen molar-refractivity contribution < 1.29 is 19.2 Å². The fraction of sp³-hybridized carbons (Fsp3) is 0.111. The van der Waals surface area contributed by atoms with Gasteiger partial charge in [0.15, 0.2) is 11.5 Å². The number of methoxy groups -OCH3 is 1. The molecule has 1 amide bonds. The summed E-state index contributed by atoms with van der Waals surface area (Å²) in [6, 6.07) is 9.62. The maximum atomic E-state index is 11.8. The number of nitrogens with zero attached hydrogens (tertiary/aromatic N) is 1. The molecule has 28 heavy (non-hydrogen) atoms. The van der Waals surface area contributed by atoms with Gasteiger partial charge in [-0.15, -0.1) is 0 Å². The predicted molar refractivity (Wildman–Crippen MR) is 114 cm³/mol. The van der Waals surface area contributed by atoms with Gasteiger partial charge in [0.05, 0.1) is 16.9 Å². The highest BCUT2D eigenvalue weighted by Crippen LogP contribution is 2.36. The Bertz CT molecular complexity index is 992. The van der Waals surface area contributed by atoms with Crippen molar-refractivity contribution in [2.75, 3.05) is 7.11 Å². The van der Waals surface area contributed by atoms with Gasteiger partial charge < -0.3 is 14.8 Å². The number of amides is 1. The molecule has 1 N–H and O–H groups in total. The number of carbonyl (C=O) groups excluding carboxylic acids is 1. The van der Waals surface area contributed by atoms with Crippen molar-refractivity contribution in [2.45, 2.75) is 6.61 Å². The third-order valence-corrected chi connectivity index (χ3v) is 5.60. The molecule has 144 valence electrons. The van der Waals surface area contributed by atoms with Crippen molar-refractivity contribution in [2.24, 2.45) is 0 Å². The summed E-state index contributed by atoms with van der Waals surface area (Å²) in [4.78, 5) is 22.6. The number of non-ortho nitro benzene ring substituents is 1. The van der Waals surface area contributed by atoms with Gasteiger partial charge in [-0.3, -0.25) is 14.9 Å². The van der Waals surface area contributed by atoms with Crippen LogP contribution < -0.4 is 14.8 Å². The van der Waals surface area contributed by atoms with E-state index in [1.165, 1.54) is 31.0 Å². The average molecular weight is 481 g/mol. The standard InChI is InChI=1S/C18H13BrN2O5S2/c1-25-14-6-11(7-16-17(22)20-18(27)28-16)13(19)8-15(14)26-9-10-2-4-12(5-3-10)21(23)24/h2-8H,9H2,1H3,(H,20,22,27)/b16-7-. The summed E-state index contributed by atoms with van der Waals surface area (Å²) in [5.41, 5.74) is 1.54. The molecule has 1 fully saturated rings. The van der Waals surface area contributed by atoms with Crippen molar-refractivity contribution >= 4 is 61.9 Å². The molecule has 2 aromatic rings. The number of thioether (sulfide) groups is 1. The largest absolute Gasteiger partial charge is 0.493 e. The number of nitro groups is 1. The van der Waals surface area contributed by atoms with Crippen molar-refractivity contribution in [1.29, 1.82) is 0 Å². The van der Waals surface area contributed by atoms with E-state index in [0.717, 1.165) is 11.1 Å². The Morgan fingerprint density at radius 1 is 1.29 bits per heavy atom. The molecule has 3 rings (SSSR count). The highest BCUT2D eigenvalue weighted by molar-refractivity contribution is 9.10. The summed E-state index contributed by atoms with van der Waals surface area (Å²) < 4.78 is 12.3. The van der Waals surface area contributed by atoms with Crippen LogP contribution in [0.5, 0.6) is 11.5 Å². The van der Waals surface area contributed by atoms with Gasteiger partial charge in [-0.05, 0) is 41.5 Å². The fourth-order valence-electron chi connectivity index (χ4n) is 2.37. The number of benzene rings is 2. The third kappa shape index (κ3) is 4.70. The van der Waals surface area contributed by atoms with Gasteiger partial charge in [-0.25, -0.2) is 0 Å². The van der Waals surface area contributed by atoms with Gasteiger partial charge in [0, 0.05) is 16.6 Å². The highest BCUT2D eigenvalue weighted by atomic mass is 79.9. The van der Waals surface area contributed by atoms with Gasteiger partial charge in [0.1, 0.15) is 10.9 Å². The van der Waals surface area contributed by atoms with Crippen molar-refractivity contribution in [3.8, 4) is 11.5 Å². The van der Waals surface area contributed by atoms with Crippen LogP contribution in [0.4, 0.5) is 5.69 Å². The van der Waals surface area contributed by atoms with Gasteiger partial charge in [-0.1, -0.05) is 39.9 Å². The van der Waals surface area contributed by atoms with E-state index in [-0.39, 0.29) is 18.2 Å². The first-order valence-corrected chi connectivity index (χ1v) is 9.87. The van der Waals surface area contributed by atoms with E-state index in [1.807, 2.05) is 0 Å². The second-order valence-electron chi connectivity index (χ2n) is 5.59. The summed E-state index contributed by atoms with van der Waals surface area (Å²) in [5, 5.41) is 13.3. The second-order valence-corrected chi connectivity index (χ2v) is 8.16. The highest BCUT2D eigenvalue weighted by Gasteiger charge is 2.22. The van der Waals surface area contributed by atoms with Gasteiger partial charge >= 0.3 is 0 Å². The molecule has 1 aliphatic rings. The lowest BCUT2D eigenvalue weighted by Gasteiger charge is -2.13. The molecule has 0 unspecified atom stereocenters. The third-order valence-electron chi connectivity index (χ3n) is 3.75. The van der Waals surface area contributed by atoms with Crippen molar-refractivity contribution in [1.82, 2.24) is 5.32 Å². The van der Waals surface area contributed by atoms with E-state index in [1.54, 1.807) is 30.3 Å². The van der Waals surface area contributed by atoms with Gasteiger partial charge in [0.2, 0.25) is 0 Å². The van der Waals surface area contributed by atoms with Crippen LogP contribution in [0.1, 0.15) is 11.1 Å².